The lowest BCUT2D eigenvalue weighted by Crippen LogP contribution is -2.23. The lowest BCUT2D eigenvalue weighted by atomic mass is 10.1. The molecular weight excluding hydrogens is 318 g/mol. The first-order valence-corrected chi connectivity index (χ1v) is 8.31. The topological polar surface area (TPSA) is 77.2 Å². The van der Waals surface area contributed by atoms with E-state index in [1.807, 2.05) is 18.2 Å². The predicted molar refractivity (Wildman–Crippen MR) is 90.7 cm³/mol. The van der Waals surface area contributed by atoms with Crippen LogP contribution in [0.4, 0.5) is 0 Å². The van der Waals surface area contributed by atoms with Crippen LogP contribution in [0.2, 0.25) is 0 Å². The van der Waals surface area contributed by atoms with Crippen molar-refractivity contribution in [3.8, 4) is 17.3 Å². The van der Waals surface area contributed by atoms with E-state index in [0.29, 0.717) is 17.5 Å². The van der Waals surface area contributed by atoms with Gasteiger partial charge in [-0.15, -0.1) is 10.2 Å². The molecule has 4 rings (SSSR count). The molecule has 1 fully saturated rings. The number of ether oxygens (including phenoxy) is 1. The van der Waals surface area contributed by atoms with Crippen molar-refractivity contribution in [2.75, 3.05) is 13.7 Å². The Hall–Kier alpha value is -2.80. The van der Waals surface area contributed by atoms with Crippen LogP contribution in [0.25, 0.3) is 11.6 Å². The quantitative estimate of drug-likeness (QED) is 0.708. The summed E-state index contributed by atoms with van der Waals surface area (Å²) in [6.07, 6.45) is 6.95. The van der Waals surface area contributed by atoms with Crippen LogP contribution in [0.1, 0.15) is 30.3 Å². The average molecular weight is 337 g/mol. The highest BCUT2D eigenvalue weighted by Gasteiger charge is 2.31. The van der Waals surface area contributed by atoms with Crippen LogP contribution >= 0.6 is 0 Å². The molecule has 2 aromatic heterocycles. The Morgan fingerprint density at radius 2 is 2.16 bits per heavy atom. The molecule has 3 aromatic rings. The summed E-state index contributed by atoms with van der Waals surface area (Å²) in [5.41, 5.74) is 1.75. The molecule has 1 aliphatic rings. The highest BCUT2D eigenvalue weighted by molar-refractivity contribution is 5.43. The molecule has 0 radical (unpaired) electrons. The Morgan fingerprint density at radius 3 is 3.00 bits per heavy atom. The van der Waals surface area contributed by atoms with E-state index in [1.54, 1.807) is 25.7 Å². The molecule has 1 atom stereocenters. The molecule has 0 bridgehead atoms. The van der Waals surface area contributed by atoms with E-state index < -0.39 is 0 Å². The second-order valence-corrected chi connectivity index (χ2v) is 5.98. The van der Waals surface area contributed by atoms with Crippen LogP contribution in [-0.2, 0) is 6.54 Å². The Morgan fingerprint density at radius 1 is 1.24 bits per heavy atom. The van der Waals surface area contributed by atoms with Crippen molar-refractivity contribution >= 4 is 0 Å². The van der Waals surface area contributed by atoms with Gasteiger partial charge in [-0.25, -0.2) is 4.98 Å². The maximum atomic E-state index is 5.88. The maximum Gasteiger partial charge on any atom is 0.267 e. The van der Waals surface area contributed by atoms with Crippen molar-refractivity contribution in [2.24, 2.45) is 0 Å². The van der Waals surface area contributed by atoms with Gasteiger partial charge in [0.05, 0.1) is 19.3 Å². The molecule has 0 aliphatic carbocycles. The predicted octanol–water partition coefficient (Wildman–Crippen LogP) is 2.87. The SMILES string of the molecule is COc1ccccc1CN1CCCC1c1nnc(-c2cnccn2)o1. The fourth-order valence-electron chi connectivity index (χ4n) is 3.23. The first kappa shape index (κ1) is 15.7. The van der Waals surface area contributed by atoms with Crippen molar-refractivity contribution in [3.05, 3.63) is 54.3 Å². The summed E-state index contributed by atoms with van der Waals surface area (Å²) in [7, 11) is 1.70. The minimum atomic E-state index is 0.114. The smallest absolute Gasteiger partial charge is 0.267 e. The van der Waals surface area contributed by atoms with Crippen molar-refractivity contribution in [3.63, 3.8) is 0 Å². The van der Waals surface area contributed by atoms with E-state index >= 15 is 0 Å². The fraction of sp³-hybridized carbons (Fsp3) is 0.333. The zero-order chi connectivity index (χ0) is 17.1. The third-order valence-electron chi connectivity index (χ3n) is 4.44. The van der Waals surface area contributed by atoms with Crippen LogP contribution < -0.4 is 4.74 Å². The van der Waals surface area contributed by atoms with Gasteiger partial charge < -0.3 is 9.15 Å². The van der Waals surface area contributed by atoms with Gasteiger partial charge in [0.15, 0.2) is 0 Å². The van der Waals surface area contributed by atoms with Gasteiger partial charge in [-0.1, -0.05) is 18.2 Å². The van der Waals surface area contributed by atoms with Gasteiger partial charge in [0, 0.05) is 24.5 Å². The highest BCUT2D eigenvalue weighted by Crippen LogP contribution is 2.34. The normalized spacial score (nSPS) is 17.7. The summed E-state index contributed by atoms with van der Waals surface area (Å²) >= 11 is 0. The number of nitrogens with zero attached hydrogens (tertiary/aromatic N) is 5. The van der Waals surface area contributed by atoms with Gasteiger partial charge in [-0.2, -0.15) is 0 Å². The molecular formula is C18H19N5O2. The number of rotatable bonds is 5. The second kappa shape index (κ2) is 6.98. The van der Waals surface area contributed by atoms with E-state index in [9.17, 15) is 0 Å². The summed E-state index contributed by atoms with van der Waals surface area (Å²) in [4.78, 5) is 10.6. The molecule has 7 nitrogen and oxygen atoms in total. The summed E-state index contributed by atoms with van der Waals surface area (Å²) < 4.78 is 11.3. The number of aromatic nitrogens is 4. The lowest BCUT2D eigenvalue weighted by Gasteiger charge is -2.22. The Balaban J connectivity index is 1.55. The number of likely N-dealkylation sites (tertiary alicyclic amines) is 1. The molecule has 128 valence electrons. The molecule has 0 amide bonds. The van der Waals surface area contributed by atoms with Crippen molar-refractivity contribution in [2.45, 2.75) is 25.4 Å². The number of para-hydroxylation sites is 1. The largest absolute Gasteiger partial charge is 0.496 e. The summed E-state index contributed by atoms with van der Waals surface area (Å²) in [5.74, 6) is 1.94. The van der Waals surface area contributed by atoms with Crippen molar-refractivity contribution < 1.29 is 9.15 Å². The molecule has 1 unspecified atom stereocenters. The number of benzene rings is 1. The number of methoxy groups -OCH3 is 1. The summed E-state index contributed by atoms with van der Waals surface area (Å²) in [5, 5.41) is 8.39. The molecule has 3 heterocycles. The highest BCUT2D eigenvalue weighted by atomic mass is 16.5. The summed E-state index contributed by atoms with van der Waals surface area (Å²) in [6, 6.07) is 8.20. The first-order valence-electron chi connectivity index (χ1n) is 8.31. The van der Waals surface area contributed by atoms with Crippen molar-refractivity contribution in [1.82, 2.24) is 25.1 Å². The molecule has 0 saturated carbocycles. The van der Waals surface area contributed by atoms with Crippen LogP contribution in [0.3, 0.4) is 0 Å². The number of hydrogen-bond acceptors (Lipinski definition) is 7. The monoisotopic (exact) mass is 337 g/mol. The van der Waals surface area contributed by atoms with Gasteiger partial charge in [-0.05, 0) is 25.5 Å². The standard InChI is InChI=1S/C18H19N5O2/c1-24-16-7-3-2-5-13(16)12-23-10-4-6-15(23)18-22-21-17(25-18)14-11-19-8-9-20-14/h2-3,5,7-9,11,15H,4,6,10,12H2,1H3. The molecule has 1 aromatic carbocycles. The Bertz CT molecular complexity index is 836. The molecule has 0 spiro atoms. The van der Waals surface area contributed by atoms with Crippen LogP contribution in [0, 0.1) is 0 Å². The van der Waals surface area contributed by atoms with Gasteiger partial charge in [0.25, 0.3) is 5.89 Å². The maximum absolute atomic E-state index is 5.88. The first-order chi connectivity index (χ1) is 12.3. The van der Waals surface area contributed by atoms with Gasteiger partial charge in [0.1, 0.15) is 11.4 Å². The third-order valence-corrected chi connectivity index (χ3v) is 4.44. The second-order valence-electron chi connectivity index (χ2n) is 5.98. The van der Waals surface area contributed by atoms with Crippen LogP contribution in [-0.4, -0.2) is 38.7 Å². The Kier molecular flexibility index (Phi) is 4.39. The minimum absolute atomic E-state index is 0.114. The van der Waals surface area contributed by atoms with Crippen molar-refractivity contribution in [1.29, 1.82) is 0 Å². The molecule has 1 saturated heterocycles. The fourth-order valence-corrected chi connectivity index (χ4v) is 3.23. The Labute approximate surface area is 145 Å². The molecule has 25 heavy (non-hydrogen) atoms. The zero-order valence-corrected chi connectivity index (χ0v) is 14.0. The minimum Gasteiger partial charge on any atom is -0.496 e. The molecule has 0 N–H and O–H groups in total. The third kappa shape index (κ3) is 3.23. The van der Waals surface area contributed by atoms with Crippen LogP contribution in [0.15, 0.2) is 47.3 Å². The van der Waals surface area contributed by atoms with Gasteiger partial charge in [0.2, 0.25) is 5.89 Å². The van der Waals surface area contributed by atoms with Crippen LogP contribution in [0.5, 0.6) is 5.75 Å². The molecule has 7 heteroatoms. The zero-order valence-electron chi connectivity index (χ0n) is 14.0. The van der Waals surface area contributed by atoms with Gasteiger partial charge in [-0.3, -0.25) is 9.88 Å². The van der Waals surface area contributed by atoms with E-state index in [2.05, 4.69) is 31.1 Å². The lowest BCUT2D eigenvalue weighted by molar-refractivity contribution is 0.213. The van der Waals surface area contributed by atoms with E-state index in [1.165, 1.54) is 0 Å². The number of hydrogen-bond donors (Lipinski definition) is 0. The average Bonchev–Trinajstić information content (AvgIpc) is 3.32. The van der Waals surface area contributed by atoms with Gasteiger partial charge >= 0.3 is 0 Å². The van der Waals surface area contributed by atoms with E-state index in [4.69, 9.17) is 9.15 Å². The summed E-state index contributed by atoms with van der Waals surface area (Å²) in [6.45, 7) is 1.78. The molecule has 1 aliphatic heterocycles. The van der Waals surface area contributed by atoms with E-state index in [-0.39, 0.29) is 6.04 Å². The van der Waals surface area contributed by atoms with E-state index in [0.717, 1.165) is 37.2 Å².